The Morgan fingerprint density at radius 3 is 2.63 bits per heavy atom. The van der Waals surface area contributed by atoms with Crippen molar-refractivity contribution in [1.29, 1.82) is 0 Å². The maximum Gasteiger partial charge on any atom is 0.146 e. The first-order valence-electron chi connectivity index (χ1n) is 7.34. The number of benzene rings is 1. The lowest BCUT2D eigenvalue weighted by molar-refractivity contribution is 0.559. The molecule has 0 aliphatic carbocycles. The molecule has 1 N–H and O–H groups in total. The number of hydrogen-bond acceptors (Lipinski definition) is 2. The minimum absolute atomic E-state index is 0.124. The van der Waals surface area contributed by atoms with E-state index in [1.807, 2.05) is 18.0 Å². The molecule has 0 amide bonds. The Morgan fingerprint density at radius 1 is 1.26 bits per heavy atom. The van der Waals surface area contributed by atoms with Gasteiger partial charge in [0.2, 0.25) is 0 Å². The molecule has 0 radical (unpaired) electrons. The number of nitrogens with zero attached hydrogens (tertiary/aromatic N) is 1. The third-order valence-electron chi connectivity index (χ3n) is 3.41. The van der Waals surface area contributed by atoms with Crippen LogP contribution in [0.2, 0.25) is 0 Å². The molecule has 3 heteroatoms. The highest BCUT2D eigenvalue weighted by molar-refractivity contribution is 5.55. The molecule has 19 heavy (non-hydrogen) atoms. The molecular formula is C16H27FN2. The van der Waals surface area contributed by atoms with E-state index in [2.05, 4.69) is 26.1 Å². The second-order valence-electron chi connectivity index (χ2n) is 5.13. The summed E-state index contributed by atoms with van der Waals surface area (Å²) in [6.45, 7) is 8.24. The Labute approximate surface area is 117 Å². The van der Waals surface area contributed by atoms with Gasteiger partial charge in [-0.1, -0.05) is 32.4 Å². The first kappa shape index (κ1) is 16.0. The van der Waals surface area contributed by atoms with Crippen LogP contribution >= 0.6 is 0 Å². The smallest absolute Gasteiger partial charge is 0.146 e. The lowest BCUT2D eigenvalue weighted by Gasteiger charge is -2.26. The predicted molar refractivity (Wildman–Crippen MR) is 81.3 cm³/mol. The predicted octanol–water partition coefficient (Wildman–Crippen LogP) is 4.12. The van der Waals surface area contributed by atoms with E-state index in [0.717, 1.165) is 43.6 Å². The Hall–Kier alpha value is -1.09. The lowest BCUT2D eigenvalue weighted by Crippen LogP contribution is -2.25. The van der Waals surface area contributed by atoms with Crippen molar-refractivity contribution >= 4 is 5.69 Å². The fraction of sp³-hybridized carbons (Fsp3) is 0.625. The zero-order valence-electron chi connectivity index (χ0n) is 12.7. The molecule has 0 aromatic heterocycles. The van der Waals surface area contributed by atoms with Crippen LogP contribution in [-0.4, -0.2) is 20.1 Å². The van der Waals surface area contributed by atoms with E-state index in [4.69, 9.17) is 0 Å². The first-order chi connectivity index (χ1) is 9.11. The van der Waals surface area contributed by atoms with Gasteiger partial charge in [-0.2, -0.15) is 0 Å². The Balaban J connectivity index is 2.93. The van der Waals surface area contributed by atoms with E-state index in [-0.39, 0.29) is 11.9 Å². The van der Waals surface area contributed by atoms with Crippen LogP contribution in [-0.2, 0) is 0 Å². The van der Waals surface area contributed by atoms with E-state index in [0.29, 0.717) is 0 Å². The number of anilines is 1. The molecule has 1 aromatic carbocycles. The summed E-state index contributed by atoms with van der Waals surface area (Å²) < 4.78 is 14.1. The largest absolute Gasteiger partial charge is 0.372 e. The molecule has 0 fully saturated rings. The molecule has 0 bridgehead atoms. The maximum absolute atomic E-state index is 14.1. The van der Waals surface area contributed by atoms with E-state index < -0.39 is 0 Å². The third kappa shape index (κ3) is 4.50. The van der Waals surface area contributed by atoms with Gasteiger partial charge in [0, 0.05) is 19.6 Å². The Kier molecular flexibility index (Phi) is 6.85. The molecule has 0 saturated heterocycles. The summed E-state index contributed by atoms with van der Waals surface area (Å²) in [5.74, 6) is -0.124. The van der Waals surface area contributed by atoms with Crippen molar-refractivity contribution in [3.8, 4) is 0 Å². The summed E-state index contributed by atoms with van der Waals surface area (Å²) in [4.78, 5) is 2.04. The van der Waals surface area contributed by atoms with Crippen LogP contribution in [0.4, 0.5) is 10.1 Å². The normalized spacial score (nSPS) is 12.5. The van der Waals surface area contributed by atoms with Gasteiger partial charge in [-0.05, 0) is 37.9 Å². The minimum Gasteiger partial charge on any atom is -0.372 e. The highest BCUT2D eigenvalue weighted by atomic mass is 19.1. The van der Waals surface area contributed by atoms with E-state index >= 15 is 0 Å². The number of unbranched alkanes of at least 4 members (excludes halogenated alkanes) is 1. The van der Waals surface area contributed by atoms with Gasteiger partial charge < -0.3 is 10.2 Å². The average Bonchev–Trinajstić information content (AvgIpc) is 2.41. The molecule has 0 aliphatic rings. The molecule has 0 heterocycles. The molecule has 108 valence electrons. The van der Waals surface area contributed by atoms with Gasteiger partial charge in [0.25, 0.3) is 0 Å². The van der Waals surface area contributed by atoms with Crippen LogP contribution in [0.1, 0.15) is 51.6 Å². The topological polar surface area (TPSA) is 15.3 Å². The van der Waals surface area contributed by atoms with E-state index in [1.165, 1.54) is 0 Å². The standard InChI is InChI=1S/C16H27FN2/c1-5-7-12-19(4)16-14(9-8-10-15(16)17)13(3)18-11-6-2/h8-10,13,18H,5-7,11-12H2,1-4H3. The summed E-state index contributed by atoms with van der Waals surface area (Å²) in [7, 11) is 1.98. The lowest BCUT2D eigenvalue weighted by atomic mass is 10.0. The second kappa shape index (κ2) is 8.16. The molecule has 1 rings (SSSR count). The zero-order chi connectivity index (χ0) is 14.3. The number of para-hydroxylation sites is 1. The van der Waals surface area contributed by atoms with Gasteiger partial charge in [0.1, 0.15) is 5.82 Å². The van der Waals surface area contributed by atoms with Crippen molar-refractivity contribution in [2.45, 2.75) is 46.1 Å². The van der Waals surface area contributed by atoms with Crippen LogP contribution in [0.25, 0.3) is 0 Å². The number of rotatable bonds is 8. The Morgan fingerprint density at radius 2 is 2.00 bits per heavy atom. The van der Waals surface area contributed by atoms with Crippen molar-refractivity contribution in [1.82, 2.24) is 5.32 Å². The van der Waals surface area contributed by atoms with Crippen LogP contribution < -0.4 is 10.2 Å². The SMILES string of the molecule is CCCCN(C)c1c(F)cccc1C(C)NCCC. The molecule has 0 saturated carbocycles. The summed E-state index contributed by atoms with van der Waals surface area (Å²) in [6, 6.07) is 5.54. The zero-order valence-corrected chi connectivity index (χ0v) is 12.7. The first-order valence-corrected chi connectivity index (χ1v) is 7.34. The van der Waals surface area contributed by atoms with Gasteiger partial charge in [0.05, 0.1) is 5.69 Å². The highest BCUT2D eigenvalue weighted by Gasteiger charge is 2.16. The molecule has 2 nitrogen and oxygen atoms in total. The van der Waals surface area contributed by atoms with Crippen LogP contribution in [0.15, 0.2) is 18.2 Å². The number of nitrogens with one attached hydrogen (secondary N) is 1. The van der Waals surface area contributed by atoms with Gasteiger partial charge in [-0.25, -0.2) is 4.39 Å². The van der Waals surface area contributed by atoms with Crippen molar-refractivity contribution in [2.24, 2.45) is 0 Å². The molecule has 1 unspecified atom stereocenters. The Bertz CT molecular complexity index is 379. The average molecular weight is 266 g/mol. The minimum atomic E-state index is -0.124. The van der Waals surface area contributed by atoms with Crippen LogP contribution in [0.5, 0.6) is 0 Å². The van der Waals surface area contributed by atoms with Crippen LogP contribution in [0.3, 0.4) is 0 Å². The maximum atomic E-state index is 14.1. The van der Waals surface area contributed by atoms with Crippen molar-refractivity contribution in [2.75, 3.05) is 25.0 Å². The number of hydrogen-bond donors (Lipinski definition) is 1. The molecular weight excluding hydrogens is 239 g/mol. The van der Waals surface area contributed by atoms with Gasteiger partial charge in [-0.3, -0.25) is 0 Å². The summed E-state index contributed by atoms with van der Waals surface area (Å²) >= 11 is 0. The monoisotopic (exact) mass is 266 g/mol. The van der Waals surface area contributed by atoms with Crippen molar-refractivity contribution < 1.29 is 4.39 Å². The fourth-order valence-corrected chi connectivity index (χ4v) is 2.26. The molecule has 1 aromatic rings. The van der Waals surface area contributed by atoms with E-state index in [9.17, 15) is 4.39 Å². The quantitative estimate of drug-likeness (QED) is 0.761. The van der Waals surface area contributed by atoms with Gasteiger partial charge >= 0.3 is 0 Å². The van der Waals surface area contributed by atoms with Crippen molar-refractivity contribution in [3.63, 3.8) is 0 Å². The summed E-state index contributed by atoms with van der Waals surface area (Å²) in [5, 5.41) is 3.43. The highest BCUT2D eigenvalue weighted by Crippen LogP contribution is 2.28. The third-order valence-corrected chi connectivity index (χ3v) is 3.41. The molecule has 0 spiro atoms. The van der Waals surface area contributed by atoms with Gasteiger partial charge in [-0.15, -0.1) is 0 Å². The van der Waals surface area contributed by atoms with Gasteiger partial charge in [0.15, 0.2) is 0 Å². The number of halogens is 1. The van der Waals surface area contributed by atoms with Crippen molar-refractivity contribution in [3.05, 3.63) is 29.6 Å². The fourth-order valence-electron chi connectivity index (χ4n) is 2.26. The molecule has 1 atom stereocenters. The summed E-state index contributed by atoms with van der Waals surface area (Å²) in [5.41, 5.74) is 1.79. The van der Waals surface area contributed by atoms with Crippen LogP contribution in [0, 0.1) is 5.82 Å². The second-order valence-corrected chi connectivity index (χ2v) is 5.13. The molecule has 0 aliphatic heterocycles. The summed E-state index contributed by atoms with van der Waals surface area (Å²) in [6.07, 6.45) is 3.29. The van der Waals surface area contributed by atoms with E-state index in [1.54, 1.807) is 12.1 Å².